The molecule has 5 nitrogen and oxygen atoms in total. The van der Waals surface area contributed by atoms with E-state index in [1.165, 1.54) is 6.07 Å². The molecule has 1 rings (SSSR count). The summed E-state index contributed by atoms with van der Waals surface area (Å²) in [5.41, 5.74) is 0.986. The molecule has 0 radical (unpaired) electrons. The van der Waals surface area contributed by atoms with Gasteiger partial charge in [0.25, 0.3) is 0 Å². The third-order valence-electron chi connectivity index (χ3n) is 2.75. The van der Waals surface area contributed by atoms with Crippen LogP contribution in [0.3, 0.4) is 0 Å². The van der Waals surface area contributed by atoms with E-state index in [-0.39, 0.29) is 5.69 Å². The van der Waals surface area contributed by atoms with Crippen LogP contribution < -0.4 is 10.1 Å². The number of nitrogens with zero attached hydrogens (tertiary/aromatic N) is 1. The maximum Gasteiger partial charge on any atom is 0.310 e. The highest BCUT2D eigenvalue weighted by molar-refractivity contribution is 5.48. The number of unbranched alkanes of at least 4 members (excludes halogenated alkanes) is 1. The van der Waals surface area contributed by atoms with Crippen molar-refractivity contribution in [1.82, 2.24) is 5.32 Å². The molecule has 0 heterocycles. The number of nitro benzene ring substituents is 1. The topological polar surface area (TPSA) is 64.4 Å². The molecule has 1 aromatic rings. The molecule has 0 aliphatic carbocycles. The lowest BCUT2D eigenvalue weighted by Crippen LogP contribution is -2.21. The molecule has 0 saturated carbocycles. The Bertz CT molecular complexity index is 458. The molecule has 0 aliphatic rings. The van der Waals surface area contributed by atoms with Crippen LogP contribution in [-0.2, 0) is 6.54 Å². The van der Waals surface area contributed by atoms with Gasteiger partial charge in [-0.15, -0.1) is 6.58 Å². The van der Waals surface area contributed by atoms with Crippen LogP contribution in [0, 0.1) is 10.1 Å². The maximum atomic E-state index is 11.0. The van der Waals surface area contributed by atoms with Crippen molar-refractivity contribution in [2.45, 2.75) is 39.3 Å². The fourth-order valence-corrected chi connectivity index (χ4v) is 1.67. The summed E-state index contributed by atoms with van der Waals surface area (Å²) in [5.74, 6) is 0.335. The van der Waals surface area contributed by atoms with Crippen molar-refractivity contribution in [3.63, 3.8) is 0 Å². The van der Waals surface area contributed by atoms with E-state index in [4.69, 9.17) is 4.74 Å². The number of rotatable bonds is 9. The van der Waals surface area contributed by atoms with Crippen molar-refractivity contribution >= 4 is 5.69 Å². The number of nitrogens with one attached hydrogen (secondary N) is 1. The van der Waals surface area contributed by atoms with Gasteiger partial charge < -0.3 is 10.1 Å². The minimum atomic E-state index is -0.414. The van der Waals surface area contributed by atoms with E-state index in [9.17, 15) is 10.1 Å². The number of ether oxygens (including phenoxy) is 1. The maximum absolute atomic E-state index is 11.0. The molecule has 1 N–H and O–H groups in total. The zero-order valence-corrected chi connectivity index (χ0v) is 12.1. The van der Waals surface area contributed by atoms with Crippen LogP contribution in [0.2, 0.25) is 0 Å². The Morgan fingerprint density at radius 2 is 2.25 bits per heavy atom. The molecule has 0 spiro atoms. The Kier molecular flexibility index (Phi) is 6.73. The molecule has 0 amide bonds. The Balaban J connectivity index is 2.77. The zero-order valence-electron chi connectivity index (χ0n) is 12.1. The third kappa shape index (κ3) is 5.40. The largest absolute Gasteiger partial charge is 0.487 e. The number of allylic oxidation sites excluding steroid dienone is 1. The Labute approximate surface area is 119 Å². The van der Waals surface area contributed by atoms with Crippen LogP contribution in [0.4, 0.5) is 5.69 Å². The van der Waals surface area contributed by atoms with Crippen molar-refractivity contribution in [3.05, 3.63) is 46.5 Å². The van der Waals surface area contributed by atoms with Gasteiger partial charge in [-0.25, -0.2) is 0 Å². The molecule has 5 heteroatoms. The molecule has 0 saturated heterocycles. The molecule has 0 atom stereocenters. The van der Waals surface area contributed by atoms with Gasteiger partial charge in [0.2, 0.25) is 0 Å². The van der Waals surface area contributed by atoms with E-state index >= 15 is 0 Å². The molecule has 110 valence electrons. The SMILES string of the molecule is C=CCCCOc1cc(CNC(C)C)ccc1[N+](=O)[O-]. The van der Waals surface area contributed by atoms with Gasteiger partial charge in [0.05, 0.1) is 11.5 Å². The van der Waals surface area contributed by atoms with E-state index in [0.29, 0.717) is 24.9 Å². The summed E-state index contributed by atoms with van der Waals surface area (Å²) in [7, 11) is 0. The fraction of sp³-hybridized carbons (Fsp3) is 0.467. The van der Waals surface area contributed by atoms with Crippen molar-refractivity contribution in [2.75, 3.05) is 6.61 Å². The van der Waals surface area contributed by atoms with E-state index in [0.717, 1.165) is 18.4 Å². The summed E-state index contributed by atoms with van der Waals surface area (Å²) in [6, 6.07) is 5.35. The van der Waals surface area contributed by atoms with E-state index < -0.39 is 4.92 Å². The van der Waals surface area contributed by atoms with Crippen LogP contribution in [0.1, 0.15) is 32.3 Å². The van der Waals surface area contributed by atoms with Crippen LogP contribution in [0.25, 0.3) is 0 Å². The van der Waals surface area contributed by atoms with Gasteiger partial charge in [0.1, 0.15) is 0 Å². The Morgan fingerprint density at radius 3 is 2.85 bits per heavy atom. The highest BCUT2D eigenvalue weighted by atomic mass is 16.6. The quantitative estimate of drug-likeness (QED) is 0.325. The number of nitro groups is 1. The first kappa shape index (κ1) is 16.2. The molecule has 20 heavy (non-hydrogen) atoms. The van der Waals surface area contributed by atoms with Gasteiger partial charge >= 0.3 is 5.69 Å². The number of hydrogen-bond acceptors (Lipinski definition) is 4. The van der Waals surface area contributed by atoms with Gasteiger partial charge in [-0.05, 0) is 24.5 Å². The van der Waals surface area contributed by atoms with Gasteiger partial charge in [-0.2, -0.15) is 0 Å². The summed E-state index contributed by atoms with van der Waals surface area (Å²) >= 11 is 0. The molecule has 0 aromatic heterocycles. The second-order valence-corrected chi connectivity index (χ2v) is 4.87. The summed E-state index contributed by atoms with van der Waals surface area (Å²) in [5, 5.41) is 14.3. The van der Waals surface area contributed by atoms with Crippen molar-refractivity contribution < 1.29 is 9.66 Å². The highest BCUT2D eigenvalue weighted by Gasteiger charge is 2.15. The summed E-state index contributed by atoms with van der Waals surface area (Å²) < 4.78 is 5.53. The number of hydrogen-bond donors (Lipinski definition) is 1. The first-order valence-electron chi connectivity index (χ1n) is 6.79. The first-order valence-corrected chi connectivity index (χ1v) is 6.79. The average Bonchev–Trinajstić information content (AvgIpc) is 2.41. The second kappa shape index (κ2) is 8.32. The van der Waals surface area contributed by atoms with Crippen molar-refractivity contribution in [2.24, 2.45) is 0 Å². The lowest BCUT2D eigenvalue weighted by atomic mass is 10.2. The van der Waals surface area contributed by atoms with Crippen molar-refractivity contribution in [1.29, 1.82) is 0 Å². The Hall–Kier alpha value is -1.88. The van der Waals surface area contributed by atoms with Gasteiger partial charge in [0.15, 0.2) is 5.75 Å². The second-order valence-electron chi connectivity index (χ2n) is 4.87. The molecule has 0 aliphatic heterocycles. The molecular formula is C15H22N2O3. The molecule has 0 unspecified atom stereocenters. The molecule has 0 fully saturated rings. The third-order valence-corrected chi connectivity index (χ3v) is 2.75. The van der Waals surface area contributed by atoms with Gasteiger partial charge in [-0.3, -0.25) is 10.1 Å². The minimum Gasteiger partial charge on any atom is -0.487 e. The monoisotopic (exact) mass is 278 g/mol. The Morgan fingerprint density at radius 1 is 1.50 bits per heavy atom. The van der Waals surface area contributed by atoms with Crippen molar-refractivity contribution in [3.8, 4) is 5.75 Å². The summed E-state index contributed by atoms with van der Waals surface area (Å²) in [6.45, 7) is 8.86. The number of benzene rings is 1. The molecular weight excluding hydrogens is 256 g/mol. The zero-order chi connectivity index (χ0) is 15.0. The van der Waals surface area contributed by atoms with Crippen LogP contribution in [-0.4, -0.2) is 17.6 Å². The average molecular weight is 278 g/mol. The normalized spacial score (nSPS) is 10.6. The first-order chi connectivity index (χ1) is 9.54. The smallest absolute Gasteiger partial charge is 0.310 e. The lowest BCUT2D eigenvalue weighted by molar-refractivity contribution is -0.385. The summed E-state index contributed by atoms with van der Waals surface area (Å²) in [6.07, 6.45) is 3.44. The summed E-state index contributed by atoms with van der Waals surface area (Å²) in [4.78, 5) is 10.6. The van der Waals surface area contributed by atoms with Crippen LogP contribution in [0.15, 0.2) is 30.9 Å². The predicted octanol–water partition coefficient (Wildman–Crippen LogP) is 3.44. The minimum absolute atomic E-state index is 0.0110. The van der Waals surface area contributed by atoms with E-state index in [1.54, 1.807) is 18.2 Å². The molecule has 1 aromatic carbocycles. The van der Waals surface area contributed by atoms with E-state index in [2.05, 4.69) is 25.7 Å². The fourth-order valence-electron chi connectivity index (χ4n) is 1.67. The van der Waals surface area contributed by atoms with Crippen LogP contribution in [0.5, 0.6) is 5.75 Å². The molecule has 0 bridgehead atoms. The van der Waals surface area contributed by atoms with Gasteiger partial charge in [0, 0.05) is 18.7 Å². The van der Waals surface area contributed by atoms with Crippen LogP contribution >= 0.6 is 0 Å². The highest BCUT2D eigenvalue weighted by Crippen LogP contribution is 2.28. The predicted molar refractivity (Wildman–Crippen MR) is 80.0 cm³/mol. The van der Waals surface area contributed by atoms with Gasteiger partial charge in [-0.1, -0.05) is 26.0 Å². The lowest BCUT2D eigenvalue weighted by Gasteiger charge is -2.11. The standard InChI is InChI=1S/C15H22N2O3/c1-4-5-6-9-20-15-10-13(11-16-12(2)3)7-8-14(15)17(18)19/h4,7-8,10,12,16H,1,5-6,9,11H2,2-3H3. The van der Waals surface area contributed by atoms with E-state index in [1.807, 2.05) is 0 Å².